The average Bonchev–Trinajstić information content (AvgIpc) is 3.30. The first-order valence-corrected chi connectivity index (χ1v) is 30.8. The van der Waals surface area contributed by atoms with Gasteiger partial charge in [0.2, 0.25) is 5.91 Å². The van der Waals surface area contributed by atoms with Crippen molar-refractivity contribution in [1.29, 1.82) is 0 Å². The van der Waals surface area contributed by atoms with Gasteiger partial charge in [-0.05, 0) is 57.8 Å². The summed E-state index contributed by atoms with van der Waals surface area (Å²) in [5, 5.41) is 13.9. The van der Waals surface area contributed by atoms with Crippen LogP contribution in [-0.4, -0.2) is 68.5 Å². The van der Waals surface area contributed by atoms with Gasteiger partial charge in [0.1, 0.15) is 13.2 Å². The number of likely N-dealkylation sites (N-methyl/N-ethyl adjacent to an activating group) is 1. The molecule has 0 aromatic heterocycles. The van der Waals surface area contributed by atoms with Crippen LogP contribution in [0.5, 0.6) is 0 Å². The van der Waals surface area contributed by atoms with E-state index in [2.05, 4.69) is 43.5 Å². The molecule has 402 valence electrons. The molecule has 0 rings (SSSR count). The number of unbranched alkanes of at least 4 members (excludes halogenated alkanes) is 37. The van der Waals surface area contributed by atoms with Crippen molar-refractivity contribution in [2.45, 2.75) is 296 Å². The zero-order valence-corrected chi connectivity index (χ0v) is 46.7. The van der Waals surface area contributed by atoms with Crippen LogP contribution in [0.15, 0.2) is 36.5 Å². The Labute approximate surface area is 423 Å². The molecule has 0 aliphatic heterocycles. The molecule has 2 N–H and O–H groups in total. The van der Waals surface area contributed by atoms with Gasteiger partial charge < -0.3 is 28.8 Å². The summed E-state index contributed by atoms with van der Waals surface area (Å²) >= 11 is 0. The summed E-state index contributed by atoms with van der Waals surface area (Å²) in [7, 11) is 1.25. The van der Waals surface area contributed by atoms with Crippen molar-refractivity contribution in [2.75, 3.05) is 40.9 Å². The van der Waals surface area contributed by atoms with Crippen LogP contribution in [0.25, 0.3) is 0 Å². The first kappa shape index (κ1) is 66.7. The van der Waals surface area contributed by atoms with E-state index in [0.29, 0.717) is 17.4 Å². The van der Waals surface area contributed by atoms with Crippen molar-refractivity contribution < 1.29 is 32.9 Å². The highest BCUT2D eigenvalue weighted by molar-refractivity contribution is 7.45. The Morgan fingerprint density at radius 1 is 0.500 bits per heavy atom. The largest absolute Gasteiger partial charge is 0.756 e. The number of amides is 1. The van der Waals surface area contributed by atoms with Crippen LogP contribution in [-0.2, 0) is 18.4 Å². The van der Waals surface area contributed by atoms with E-state index in [-0.39, 0.29) is 12.5 Å². The van der Waals surface area contributed by atoms with Crippen LogP contribution in [0.3, 0.4) is 0 Å². The number of nitrogens with one attached hydrogen (secondary N) is 1. The van der Waals surface area contributed by atoms with E-state index in [0.717, 1.165) is 38.5 Å². The SMILES string of the molecule is CCCCCCCC/C=C\CCCCCCCCCCCC(=O)NC(COP(=O)([O-])OCC[N+](C)(C)C)C(O)/C=C/CC/C=C/CCCCCCCCCCCCCCCCCCCCCCC. The summed E-state index contributed by atoms with van der Waals surface area (Å²) in [5.74, 6) is -0.207. The molecule has 0 fully saturated rings. The van der Waals surface area contributed by atoms with Crippen LogP contribution in [0.4, 0.5) is 0 Å². The Bertz CT molecular complexity index is 1200. The van der Waals surface area contributed by atoms with E-state index in [1.807, 2.05) is 27.2 Å². The number of allylic oxidation sites excluding steroid dienone is 5. The van der Waals surface area contributed by atoms with Crippen LogP contribution in [0.1, 0.15) is 284 Å². The maximum Gasteiger partial charge on any atom is 0.268 e. The highest BCUT2D eigenvalue weighted by Gasteiger charge is 2.23. The van der Waals surface area contributed by atoms with E-state index in [9.17, 15) is 19.4 Å². The second kappa shape index (κ2) is 50.7. The van der Waals surface area contributed by atoms with Gasteiger partial charge >= 0.3 is 0 Å². The smallest absolute Gasteiger partial charge is 0.268 e. The Morgan fingerprint density at radius 3 is 1.19 bits per heavy atom. The number of carbonyl (C=O) groups excluding carboxylic acids is 1. The summed E-state index contributed by atoms with van der Waals surface area (Å²) in [4.78, 5) is 25.5. The number of hydrogen-bond acceptors (Lipinski definition) is 6. The Hall–Kier alpha value is -1.28. The van der Waals surface area contributed by atoms with Crippen molar-refractivity contribution in [3.05, 3.63) is 36.5 Å². The molecule has 68 heavy (non-hydrogen) atoms. The zero-order chi connectivity index (χ0) is 49.9. The lowest BCUT2D eigenvalue weighted by atomic mass is 10.0. The zero-order valence-electron chi connectivity index (χ0n) is 45.8. The second-order valence-corrected chi connectivity index (χ2v) is 22.8. The molecule has 3 unspecified atom stereocenters. The van der Waals surface area contributed by atoms with Crippen molar-refractivity contribution in [2.24, 2.45) is 0 Å². The predicted octanol–water partition coefficient (Wildman–Crippen LogP) is 17.1. The normalized spacial score (nSPS) is 14.2. The molecular formula is C59H115N2O6P. The highest BCUT2D eigenvalue weighted by atomic mass is 31.2. The summed E-state index contributed by atoms with van der Waals surface area (Å²) < 4.78 is 23.3. The van der Waals surface area contributed by atoms with E-state index >= 15 is 0 Å². The van der Waals surface area contributed by atoms with Gasteiger partial charge in [-0.1, -0.05) is 256 Å². The first-order valence-electron chi connectivity index (χ1n) is 29.4. The van der Waals surface area contributed by atoms with E-state index in [4.69, 9.17) is 9.05 Å². The number of phosphoric acid groups is 1. The third-order valence-electron chi connectivity index (χ3n) is 13.3. The van der Waals surface area contributed by atoms with Gasteiger partial charge in [-0.2, -0.15) is 0 Å². The molecule has 0 aromatic carbocycles. The molecule has 0 spiro atoms. The molecule has 9 heteroatoms. The fraction of sp³-hybridized carbons (Fsp3) is 0.881. The summed E-state index contributed by atoms with van der Waals surface area (Å²) in [6.07, 6.45) is 65.2. The molecule has 0 heterocycles. The Morgan fingerprint density at radius 2 is 0.824 bits per heavy atom. The lowest BCUT2D eigenvalue weighted by molar-refractivity contribution is -0.870. The number of aliphatic hydroxyl groups is 1. The minimum absolute atomic E-state index is 0.00606. The standard InChI is InChI=1S/C59H115N2O6P/c1-6-8-10-12-14-16-18-20-22-24-26-27-28-29-30-31-32-33-35-36-38-40-42-44-46-48-50-52-58(62)57(56-67-68(64,65)66-55-54-61(3,4)5)60-59(63)53-51-49-47-45-43-41-39-37-34-25-23-21-19-17-15-13-11-9-7-2/h21,23,42,44,50,52,57-58,62H,6-20,22,24-41,43,45-49,51,53-56H2,1-5H3,(H-,60,63,64,65)/b23-21-,44-42+,52-50+. The van der Waals surface area contributed by atoms with Gasteiger partial charge in [-0.3, -0.25) is 9.36 Å². The van der Waals surface area contributed by atoms with Crippen molar-refractivity contribution >= 4 is 13.7 Å². The fourth-order valence-electron chi connectivity index (χ4n) is 8.70. The lowest BCUT2D eigenvalue weighted by Crippen LogP contribution is -2.45. The maximum absolute atomic E-state index is 12.9. The van der Waals surface area contributed by atoms with Crippen molar-refractivity contribution in [3.63, 3.8) is 0 Å². The van der Waals surface area contributed by atoms with Crippen LogP contribution in [0, 0.1) is 0 Å². The van der Waals surface area contributed by atoms with Crippen molar-refractivity contribution in [1.82, 2.24) is 5.32 Å². The van der Waals surface area contributed by atoms with E-state index in [1.54, 1.807) is 6.08 Å². The average molecular weight is 980 g/mol. The molecule has 0 aromatic rings. The Balaban J connectivity index is 4.22. The van der Waals surface area contributed by atoms with Crippen LogP contribution < -0.4 is 10.2 Å². The van der Waals surface area contributed by atoms with Crippen LogP contribution >= 0.6 is 7.82 Å². The molecule has 3 atom stereocenters. The quantitative estimate of drug-likeness (QED) is 0.0272. The fourth-order valence-corrected chi connectivity index (χ4v) is 9.42. The number of aliphatic hydroxyl groups excluding tert-OH is 1. The minimum Gasteiger partial charge on any atom is -0.756 e. The van der Waals surface area contributed by atoms with E-state index < -0.39 is 26.6 Å². The monoisotopic (exact) mass is 979 g/mol. The minimum atomic E-state index is -4.60. The van der Waals surface area contributed by atoms with Gasteiger partial charge in [-0.25, -0.2) is 0 Å². The number of quaternary nitrogens is 1. The highest BCUT2D eigenvalue weighted by Crippen LogP contribution is 2.38. The lowest BCUT2D eigenvalue weighted by Gasteiger charge is -2.29. The molecular weight excluding hydrogens is 864 g/mol. The van der Waals surface area contributed by atoms with E-state index in [1.165, 1.54) is 225 Å². The maximum atomic E-state index is 12.9. The number of carbonyl (C=O) groups is 1. The van der Waals surface area contributed by atoms with Gasteiger partial charge in [-0.15, -0.1) is 0 Å². The number of rotatable bonds is 54. The molecule has 8 nitrogen and oxygen atoms in total. The number of phosphoric ester groups is 1. The predicted molar refractivity (Wildman–Crippen MR) is 293 cm³/mol. The molecule has 0 aliphatic carbocycles. The number of hydrogen-bond donors (Lipinski definition) is 2. The third kappa shape index (κ3) is 52.5. The first-order chi connectivity index (χ1) is 33.0. The van der Waals surface area contributed by atoms with Gasteiger partial charge in [0, 0.05) is 6.42 Å². The van der Waals surface area contributed by atoms with Gasteiger partial charge in [0.15, 0.2) is 0 Å². The molecule has 1 amide bonds. The topological polar surface area (TPSA) is 108 Å². The number of nitrogens with zero attached hydrogens (tertiary/aromatic N) is 1. The molecule has 0 saturated carbocycles. The molecule has 0 saturated heterocycles. The van der Waals surface area contributed by atoms with Gasteiger partial charge in [0.05, 0.1) is 39.9 Å². The Kier molecular flexibility index (Phi) is 49.7. The molecule has 0 radical (unpaired) electrons. The van der Waals surface area contributed by atoms with Crippen molar-refractivity contribution in [3.8, 4) is 0 Å². The summed E-state index contributed by atoms with van der Waals surface area (Å²) in [6, 6.07) is -0.904. The second-order valence-electron chi connectivity index (χ2n) is 21.3. The van der Waals surface area contributed by atoms with Crippen LogP contribution in [0.2, 0.25) is 0 Å². The van der Waals surface area contributed by atoms with Gasteiger partial charge in [0.25, 0.3) is 7.82 Å². The molecule has 0 aliphatic rings. The summed E-state index contributed by atoms with van der Waals surface area (Å²) in [5.41, 5.74) is 0. The molecule has 0 bridgehead atoms. The third-order valence-corrected chi connectivity index (χ3v) is 14.3. The summed E-state index contributed by atoms with van der Waals surface area (Å²) in [6.45, 7) is 4.66.